The Balaban J connectivity index is 1.48. The van der Waals surface area contributed by atoms with Gasteiger partial charge in [-0.05, 0) is 37.0 Å². The van der Waals surface area contributed by atoms with Crippen molar-refractivity contribution in [3.63, 3.8) is 0 Å². The summed E-state index contributed by atoms with van der Waals surface area (Å²) >= 11 is 1.53. The number of esters is 1. The van der Waals surface area contributed by atoms with E-state index in [1.165, 1.54) is 17.8 Å². The summed E-state index contributed by atoms with van der Waals surface area (Å²) in [6.07, 6.45) is 4.56. The van der Waals surface area contributed by atoms with Gasteiger partial charge >= 0.3 is 12.0 Å². The van der Waals surface area contributed by atoms with Crippen molar-refractivity contribution in [3.05, 3.63) is 23.8 Å². The van der Waals surface area contributed by atoms with Gasteiger partial charge in [0, 0.05) is 23.1 Å². The molecule has 2 atom stereocenters. The first-order chi connectivity index (χ1) is 13.9. The van der Waals surface area contributed by atoms with Crippen LogP contribution < -0.4 is 16.0 Å². The molecule has 3 rings (SSSR count). The highest BCUT2D eigenvalue weighted by molar-refractivity contribution is 7.99. The highest BCUT2D eigenvalue weighted by Gasteiger charge is 2.23. The minimum atomic E-state index is -0.701. The molecular weight excluding hydrogens is 394 g/mol. The van der Waals surface area contributed by atoms with Gasteiger partial charge in [0.25, 0.3) is 5.91 Å². The van der Waals surface area contributed by atoms with E-state index in [2.05, 4.69) is 22.9 Å². The zero-order valence-electron chi connectivity index (χ0n) is 16.3. The number of rotatable bonds is 4. The molecule has 1 aromatic carbocycles. The number of fused-ring (bicyclic) bond motifs is 1. The fourth-order valence-electron chi connectivity index (χ4n) is 3.46. The first kappa shape index (κ1) is 21.2. The zero-order chi connectivity index (χ0) is 20.8. The van der Waals surface area contributed by atoms with Crippen LogP contribution in [-0.2, 0) is 14.3 Å². The molecule has 0 unspecified atom stereocenters. The Morgan fingerprint density at radius 1 is 1.24 bits per heavy atom. The summed E-state index contributed by atoms with van der Waals surface area (Å²) in [7, 11) is 0. The number of ether oxygens (including phenoxy) is 1. The number of thioether (sulfide) groups is 1. The van der Waals surface area contributed by atoms with Crippen LogP contribution in [0.1, 0.15) is 49.4 Å². The van der Waals surface area contributed by atoms with Gasteiger partial charge < -0.3 is 15.4 Å². The van der Waals surface area contributed by atoms with E-state index in [0.29, 0.717) is 23.8 Å². The van der Waals surface area contributed by atoms with Gasteiger partial charge in [-0.3, -0.25) is 14.9 Å². The van der Waals surface area contributed by atoms with Crippen LogP contribution in [0.3, 0.4) is 0 Å². The molecule has 29 heavy (non-hydrogen) atoms. The first-order valence-electron chi connectivity index (χ1n) is 9.76. The van der Waals surface area contributed by atoms with Crippen LogP contribution in [0.2, 0.25) is 0 Å². The molecule has 3 N–H and O–H groups in total. The largest absolute Gasteiger partial charge is 0.452 e. The summed E-state index contributed by atoms with van der Waals surface area (Å²) in [6, 6.07) is 4.33. The maximum absolute atomic E-state index is 12.2. The minimum absolute atomic E-state index is 0.0479. The van der Waals surface area contributed by atoms with E-state index in [1.807, 2.05) is 0 Å². The number of carbonyl (C=O) groups excluding carboxylic acids is 4. The quantitative estimate of drug-likeness (QED) is 0.647. The minimum Gasteiger partial charge on any atom is -0.452 e. The number of anilines is 1. The lowest BCUT2D eigenvalue weighted by Crippen LogP contribution is -2.48. The Labute approximate surface area is 173 Å². The SMILES string of the molecule is C[C@H]1CCCC[C@H]1NC(=O)NC(=O)COC(=O)c1ccc2c(c1)NC(=O)CCS2. The Hall–Kier alpha value is -2.55. The smallest absolute Gasteiger partial charge is 0.338 e. The van der Waals surface area contributed by atoms with E-state index in [9.17, 15) is 19.2 Å². The number of benzene rings is 1. The Kier molecular flexibility index (Phi) is 7.13. The van der Waals surface area contributed by atoms with Gasteiger partial charge in [-0.1, -0.05) is 19.8 Å². The number of imide groups is 1. The molecule has 1 heterocycles. The number of nitrogens with one attached hydrogen (secondary N) is 3. The number of hydrogen-bond donors (Lipinski definition) is 3. The third-order valence-corrected chi connectivity index (χ3v) is 6.17. The summed E-state index contributed by atoms with van der Waals surface area (Å²) in [5.41, 5.74) is 0.775. The van der Waals surface area contributed by atoms with Crippen molar-refractivity contribution in [1.29, 1.82) is 0 Å². The first-order valence-corrected chi connectivity index (χ1v) is 10.7. The molecular formula is C20H25N3O5S. The Bertz CT molecular complexity index is 813. The van der Waals surface area contributed by atoms with Crippen LogP contribution in [0.25, 0.3) is 0 Å². The zero-order valence-corrected chi connectivity index (χ0v) is 17.1. The van der Waals surface area contributed by atoms with Gasteiger partial charge in [0.2, 0.25) is 5.91 Å². The van der Waals surface area contributed by atoms with Crippen molar-refractivity contribution < 1.29 is 23.9 Å². The van der Waals surface area contributed by atoms with Gasteiger partial charge in [-0.15, -0.1) is 11.8 Å². The predicted octanol–water partition coefficient (Wildman–Crippen LogP) is 2.68. The fourth-order valence-corrected chi connectivity index (χ4v) is 4.40. The van der Waals surface area contributed by atoms with Crippen molar-refractivity contribution in [2.75, 3.05) is 17.7 Å². The van der Waals surface area contributed by atoms with Gasteiger partial charge in [-0.2, -0.15) is 0 Å². The Morgan fingerprint density at radius 2 is 2.03 bits per heavy atom. The summed E-state index contributed by atoms with van der Waals surface area (Å²) in [5.74, 6) is -0.468. The van der Waals surface area contributed by atoms with E-state index in [-0.39, 0.29) is 17.5 Å². The summed E-state index contributed by atoms with van der Waals surface area (Å²) in [5, 5.41) is 7.75. The standard InChI is InChI=1S/C20H25N3O5S/c1-12-4-2-3-5-14(12)22-20(27)23-18(25)11-28-19(26)13-6-7-16-15(10-13)21-17(24)8-9-29-16/h6-7,10,12,14H,2-5,8-9,11H2,1H3,(H,21,24)(H2,22,23,25,27)/t12-,14+/m0/s1. The second kappa shape index (κ2) is 9.78. The lowest BCUT2D eigenvalue weighted by atomic mass is 9.86. The molecule has 1 saturated carbocycles. The van der Waals surface area contributed by atoms with Crippen molar-refractivity contribution >= 4 is 41.3 Å². The molecule has 0 radical (unpaired) electrons. The summed E-state index contributed by atoms with van der Waals surface area (Å²) in [4.78, 5) is 48.7. The van der Waals surface area contributed by atoms with Gasteiger partial charge in [0.1, 0.15) is 0 Å². The Morgan fingerprint density at radius 3 is 2.83 bits per heavy atom. The third-order valence-electron chi connectivity index (χ3n) is 5.09. The van der Waals surface area contributed by atoms with Gasteiger partial charge in [0.05, 0.1) is 11.3 Å². The topological polar surface area (TPSA) is 114 Å². The highest BCUT2D eigenvalue weighted by Crippen LogP contribution is 2.31. The predicted molar refractivity (Wildman–Crippen MR) is 109 cm³/mol. The number of hydrogen-bond acceptors (Lipinski definition) is 6. The molecule has 2 aliphatic rings. The molecule has 0 saturated heterocycles. The molecule has 0 aromatic heterocycles. The molecule has 156 valence electrons. The number of amides is 4. The van der Waals surface area contributed by atoms with E-state index in [0.717, 1.165) is 30.6 Å². The van der Waals surface area contributed by atoms with E-state index in [4.69, 9.17) is 4.74 Å². The molecule has 8 nitrogen and oxygen atoms in total. The molecule has 0 spiro atoms. The normalized spacial score (nSPS) is 21.2. The summed E-state index contributed by atoms with van der Waals surface area (Å²) < 4.78 is 5.00. The van der Waals surface area contributed by atoms with E-state index in [1.54, 1.807) is 12.1 Å². The average molecular weight is 420 g/mol. The van der Waals surface area contributed by atoms with Crippen LogP contribution in [-0.4, -0.2) is 42.2 Å². The molecule has 1 aliphatic heterocycles. The second-order valence-electron chi connectivity index (χ2n) is 7.32. The monoisotopic (exact) mass is 419 g/mol. The molecule has 9 heteroatoms. The van der Waals surface area contributed by atoms with Gasteiger partial charge in [-0.25, -0.2) is 9.59 Å². The van der Waals surface area contributed by atoms with Crippen molar-refractivity contribution in [2.24, 2.45) is 5.92 Å². The number of carbonyl (C=O) groups is 4. The van der Waals surface area contributed by atoms with Crippen molar-refractivity contribution in [1.82, 2.24) is 10.6 Å². The van der Waals surface area contributed by atoms with E-state index < -0.39 is 24.5 Å². The van der Waals surface area contributed by atoms with Crippen LogP contribution in [0.15, 0.2) is 23.1 Å². The summed E-state index contributed by atoms with van der Waals surface area (Å²) in [6.45, 7) is 1.51. The average Bonchev–Trinajstić information content (AvgIpc) is 2.87. The van der Waals surface area contributed by atoms with Gasteiger partial charge in [0.15, 0.2) is 6.61 Å². The second-order valence-corrected chi connectivity index (χ2v) is 8.46. The third kappa shape index (κ3) is 5.96. The fraction of sp³-hybridized carbons (Fsp3) is 0.500. The lowest BCUT2D eigenvalue weighted by molar-refractivity contribution is -0.123. The van der Waals surface area contributed by atoms with Crippen LogP contribution >= 0.6 is 11.8 Å². The molecule has 4 amide bonds. The van der Waals surface area contributed by atoms with Crippen LogP contribution in [0, 0.1) is 5.92 Å². The molecule has 0 bridgehead atoms. The van der Waals surface area contributed by atoms with Crippen molar-refractivity contribution in [2.45, 2.75) is 50.0 Å². The van der Waals surface area contributed by atoms with Crippen LogP contribution in [0.4, 0.5) is 10.5 Å². The number of urea groups is 1. The molecule has 1 fully saturated rings. The lowest BCUT2D eigenvalue weighted by Gasteiger charge is -2.29. The maximum atomic E-state index is 12.2. The molecule has 1 aliphatic carbocycles. The van der Waals surface area contributed by atoms with E-state index >= 15 is 0 Å². The molecule has 1 aromatic rings. The maximum Gasteiger partial charge on any atom is 0.338 e. The van der Waals surface area contributed by atoms with Crippen LogP contribution in [0.5, 0.6) is 0 Å². The van der Waals surface area contributed by atoms with Crippen molar-refractivity contribution in [3.8, 4) is 0 Å². The highest BCUT2D eigenvalue weighted by atomic mass is 32.2.